The largest absolute Gasteiger partial charge is 0.379 e. The van der Waals surface area contributed by atoms with Crippen molar-refractivity contribution >= 4 is 10.0 Å². The first-order valence-electron chi connectivity index (χ1n) is 7.27. The van der Waals surface area contributed by atoms with E-state index in [2.05, 4.69) is 15.0 Å². The highest BCUT2D eigenvalue weighted by Crippen LogP contribution is 2.21. The lowest BCUT2D eigenvalue weighted by atomic mass is 10.0. The van der Waals surface area contributed by atoms with Crippen molar-refractivity contribution < 1.29 is 13.2 Å². The zero-order valence-electron chi connectivity index (χ0n) is 12.1. The third-order valence-corrected chi connectivity index (χ3v) is 5.40. The van der Waals surface area contributed by atoms with Crippen LogP contribution in [-0.2, 0) is 21.3 Å². The van der Waals surface area contributed by atoms with E-state index in [1.54, 1.807) is 12.3 Å². The van der Waals surface area contributed by atoms with Gasteiger partial charge in [0.05, 0.1) is 12.1 Å². The Kier molecular flexibility index (Phi) is 4.00. The molecule has 2 aliphatic rings. The summed E-state index contributed by atoms with van der Waals surface area (Å²) in [6, 6.07) is 3.99. The summed E-state index contributed by atoms with van der Waals surface area (Å²) in [5.74, 6) is 0. The molecule has 1 aromatic heterocycles. The van der Waals surface area contributed by atoms with Crippen molar-refractivity contribution in [2.45, 2.75) is 49.3 Å². The highest BCUT2D eigenvalue weighted by molar-refractivity contribution is 7.89. The van der Waals surface area contributed by atoms with Gasteiger partial charge in [0, 0.05) is 25.4 Å². The molecule has 1 aromatic rings. The second-order valence-corrected chi connectivity index (χ2v) is 7.76. The molecule has 116 valence electrons. The molecule has 1 unspecified atom stereocenters. The summed E-state index contributed by atoms with van der Waals surface area (Å²) in [7, 11) is -3.60. The van der Waals surface area contributed by atoms with Gasteiger partial charge < -0.3 is 10.1 Å². The number of hydrogen-bond acceptors (Lipinski definition) is 5. The van der Waals surface area contributed by atoms with Gasteiger partial charge in [-0.15, -0.1) is 0 Å². The predicted molar refractivity (Wildman–Crippen MR) is 78.3 cm³/mol. The van der Waals surface area contributed by atoms with Gasteiger partial charge in [0.25, 0.3) is 10.0 Å². The molecule has 0 amide bonds. The van der Waals surface area contributed by atoms with Gasteiger partial charge in [0.15, 0.2) is 5.03 Å². The quantitative estimate of drug-likeness (QED) is 0.812. The van der Waals surface area contributed by atoms with E-state index in [1.807, 2.05) is 13.0 Å². The summed E-state index contributed by atoms with van der Waals surface area (Å²) < 4.78 is 32.6. The third kappa shape index (κ3) is 3.79. The van der Waals surface area contributed by atoms with Gasteiger partial charge in [-0.25, -0.2) is 18.1 Å². The minimum atomic E-state index is -3.60. The normalized spacial score (nSPS) is 26.1. The van der Waals surface area contributed by atoms with E-state index in [4.69, 9.17) is 4.74 Å². The molecule has 1 atom stereocenters. The fraction of sp³-hybridized carbons (Fsp3) is 0.643. The molecule has 21 heavy (non-hydrogen) atoms. The highest BCUT2D eigenvalue weighted by Gasteiger charge is 2.35. The van der Waals surface area contributed by atoms with Crippen molar-refractivity contribution in [3.05, 3.63) is 23.9 Å². The summed E-state index contributed by atoms with van der Waals surface area (Å²) in [5, 5.41) is 3.44. The van der Waals surface area contributed by atoms with Gasteiger partial charge in [-0.1, -0.05) is 6.07 Å². The van der Waals surface area contributed by atoms with E-state index < -0.39 is 15.6 Å². The topological polar surface area (TPSA) is 80.3 Å². The predicted octanol–water partition coefficient (Wildman–Crippen LogP) is 0.791. The summed E-state index contributed by atoms with van der Waals surface area (Å²) in [5.41, 5.74) is 0.462. The summed E-state index contributed by atoms with van der Waals surface area (Å²) in [4.78, 5) is 4.09. The average molecular weight is 311 g/mol. The van der Waals surface area contributed by atoms with Crippen LogP contribution >= 0.6 is 0 Å². The first-order valence-corrected chi connectivity index (χ1v) is 8.75. The molecule has 0 aromatic carbocycles. The first kappa shape index (κ1) is 14.9. The molecule has 7 heteroatoms. The number of ether oxygens (including phenoxy) is 1. The van der Waals surface area contributed by atoms with Gasteiger partial charge in [-0.3, -0.25) is 0 Å². The smallest absolute Gasteiger partial charge is 0.258 e. The van der Waals surface area contributed by atoms with E-state index in [9.17, 15) is 8.42 Å². The standard InChI is InChI=1S/C14H21N3O3S/c1-14(6-7-20-10-14)17-21(18,19)13-5-2-11(9-16-13)8-15-12-3-4-12/h2,5,9,12,15,17H,3-4,6-8,10H2,1H3. The number of pyridine rings is 1. The third-order valence-electron chi connectivity index (χ3n) is 3.84. The van der Waals surface area contributed by atoms with Crippen molar-refractivity contribution in [2.75, 3.05) is 13.2 Å². The van der Waals surface area contributed by atoms with Gasteiger partial charge >= 0.3 is 0 Å². The molecule has 1 saturated heterocycles. The molecule has 0 spiro atoms. The van der Waals surface area contributed by atoms with Crippen LogP contribution in [-0.4, -0.2) is 38.2 Å². The van der Waals surface area contributed by atoms with Crippen LogP contribution in [0.5, 0.6) is 0 Å². The van der Waals surface area contributed by atoms with Gasteiger partial charge in [0.2, 0.25) is 0 Å². The Balaban J connectivity index is 1.66. The number of nitrogens with one attached hydrogen (secondary N) is 2. The van der Waals surface area contributed by atoms with E-state index >= 15 is 0 Å². The summed E-state index contributed by atoms with van der Waals surface area (Å²) in [6.07, 6.45) is 4.75. The molecule has 2 N–H and O–H groups in total. The molecule has 1 aliphatic carbocycles. The Labute approximate surface area is 125 Å². The number of aromatic nitrogens is 1. The zero-order chi connectivity index (χ0) is 14.9. The SMILES string of the molecule is CC1(NS(=O)(=O)c2ccc(CNC3CC3)cn2)CCOC1. The Morgan fingerprint density at radius 1 is 1.43 bits per heavy atom. The average Bonchev–Trinajstić information content (AvgIpc) is 3.18. The zero-order valence-corrected chi connectivity index (χ0v) is 12.9. The highest BCUT2D eigenvalue weighted by atomic mass is 32.2. The molecule has 1 saturated carbocycles. The van der Waals surface area contributed by atoms with Crippen molar-refractivity contribution in [1.29, 1.82) is 0 Å². The molecular formula is C14H21N3O3S. The lowest BCUT2D eigenvalue weighted by molar-refractivity contribution is 0.178. The molecule has 2 fully saturated rings. The first-order chi connectivity index (χ1) is 9.97. The fourth-order valence-electron chi connectivity index (χ4n) is 2.35. The Hall–Kier alpha value is -1.02. The van der Waals surface area contributed by atoms with Crippen LogP contribution in [0.3, 0.4) is 0 Å². The molecule has 3 rings (SSSR count). The van der Waals surface area contributed by atoms with Crippen LogP contribution in [0.2, 0.25) is 0 Å². The molecule has 0 bridgehead atoms. The minimum absolute atomic E-state index is 0.0609. The van der Waals surface area contributed by atoms with Crippen molar-refractivity contribution in [1.82, 2.24) is 15.0 Å². The minimum Gasteiger partial charge on any atom is -0.379 e. The molecule has 0 radical (unpaired) electrons. The van der Waals surface area contributed by atoms with Crippen LogP contribution in [0.1, 0.15) is 31.7 Å². The maximum Gasteiger partial charge on any atom is 0.258 e. The molecule has 6 nitrogen and oxygen atoms in total. The molecule has 2 heterocycles. The van der Waals surface area contributed by atoms with Crippen LogP contribution in [0.4, 0.5) is 0 Å². The van der Waals surface area contributed by atoms with Crippen molar-refractivity contribution in [2.24, 2.45) is 0 Å². The van der Waals surface area contributed by atoms with Crippen molar-refractivity contribution in [3.63, 3.8) is 0 Å². The second-order valence-electron chi connectivity index (χ2n) is 6.13. The number of rotatable bonds is 6. The van der Waals surface area contributed by atoms with Gasteiger partial charge in [-0.2, -0.15) is 0 Å². The number of hydrogen-bond donors (Lipinski definition) is 2. The number of nitrogens with zero attached hydrogens (tertiary/aromatic N) is 1. The Morgan fingerprint density at radius 2 is 2.24 bits per heavy atom. The van der Waals surface area contributed by atoms with Crippen LogP contribution in [0, 0.1) is 0 Å². The lowest BCUT2D eigenvalue weighted by Gasteiger charge is -2.22. The maximum absolute atomic E-state index is 12.3. The van der Waals surface area contributed by atoms with Crippen LogP contribution < -0.4 is 10.0 Å². The Morgan fingerprint density at radius 3 is 2.81 bits per heavy atom. The van der Waals surface area contributed by atoms with Gasteiger partial charge in [0.1, 0.15) is 0 Å². The number of sulfonamides is 1. The summed E-state index contributed by atoms with van der Waals surface area (Å²) >= 11 is 0. The van der Waals surface area contributed by atoms with E-state index in [-0.39, 0.29) is 5.03 Å². The van der Waals surface area contributed by atoms with Crippen molar-refractivity contribution in [3.8, 4) is 0 Å². The van der Waals surface area contributed by atoms with E-state index in [1.165, 1.54) is 12.8 Å². The lowest BCUT2D eigenvalue weighted by Crippen LogP contribution is -2.46. The van der Waals surface area contributed by atoms with E-state index in [0.29, 0.717) is 25.7 Å². The second kappa shape index (κ2) is 5.64. The fourth-order valence-corrected chi connectivity index (χ4v) is 3.70. The molecule has 1 aliphatic heterocycles. The van der Waals surface area contributed by atoms with E-state index in [0.717, 1.165) is 12.1 Å². The monoisotopic (exact) mass is 311 g/mol. The summed E-state index contributed by atoms with van der Waals surface area (Å²) in [6.45, 7) is 3.57. The Bertz CT molecular complexity index is 590. The van der Waals surface area contributed by atoms with Crippen LogP contribution in [0.25, 0.3) is 0 Å². The van der Waals surface area contributed by atoms with Gasteiger partial charge in [-0.05, 0) is 37.8 Å². The van der Waals surface area contributed by atoms with Crippen LogP contribution in [0.15, 0.2) is 23.4 Å². The molecular weight excluding hydrogens is 290 g/mol. The maximum atomic E-state index is 12.3.